The van der Waals surface area contributed by atoms with Gasteiger partial charge < -0.3 is 0 Å². The van der Waals surface area contributed by atoms with Crippen LogP contribution < -0.4 is 0 Å². The summed E-state index contributed by atoms with van der Waals surface area (Å²) in [7, 11) is 0. The van der Waals surface area contributed by atoms with Crippen LogP contribution in [0.3, 0.4) is 0 Å². The Bertz CT molecular complexity index is 394. The van der Waals surface area contributed by atoms with Crippen LogP contribution in [0.1, 0.15) is 102 Å². The Balaban J connectivity index is 1.84. The van der Waals surface area contributed by atoms with Gasteiger partial charge in [-0.2, -0.15) is 0 Å². The van der Waals surface area contributed by atoms with Crippen molar-refractivity contribution >= 4 is 31.9 Å². The maximum Gasteiger partial charge on any atom is 0.0189 e. The minimum absolute atomic E-state index is 1.18. The summed E-state index contributed by atoms with van der Waals surface area (Å²) in [5, 5.41) is 0. The van der Waals surface area contributed by atoms with Gasteiger partial charge in [0.2, 0.25) is 0 Å². The van der Waals surface area contributed by atoms with Gasteiger partial charge in [-0.15, -0.1) is 0 Å². The molecular weight excluding hydrogens is 424 g/mol. The lowest BCUT2D eigenvalue weighted by molar-refractivity contribution is 0.535. The molecule has 0 aliphatic carbocycles. The Morgan fingerprint density at radius 2 is 0.917 bits per heavy atom. The Morgan fingerprint density at radius 1 is 0.542 bits per heavy atom. The number of benzene rings is 1. The molecule has 24 heavy (non-hydrogen) atoms. The van der Waals surface area contributed by atoms with Crippen molar-refractivity contribution in [3.8, 4) is 0 Å². The topological polar surface area (TPSA) is 0 Å². The maximum atomic E-state index is 3.57. The molecule has 2 heteroatoms. The van der Waals surface area contributed by atoms with Gasteiger partial charge in [-0.3, -0.25) is 0 Å². The van der Waals surface area contributed by atoms with Gasteiger partial charge in [0.05, 0.1) is 0 Å². The van der Waals surface area contributed by atoms with Crippen LogP contribution in [-0.4, -0.2) is 0 Å². The SMILES string of the molecule is CCCCCCCCCCCCCCCCc1cc(Br)cc(Br)c1. The fourth-order valence-corrected chi connectivity index (χ4v) is 4.67. The van der Waals surface area contributed by atoms with Gasteiger partial charge in [0.25, 0.3) is 0 Å². The third-order valence-corrected chi connectivity index (χ3v) is 5.66. The van der Waals surface area contributed by atoms with Crippen LogP contribution in [0.4, 0.5) is 0 Å². The van der Waals surface area contributed by atoms with Crippen molar-refractivity contribution in [2.24, 2.45) is 0 Å². The summed E-state index contributed by atoms with van der Waals surface area (Å²) in [5.41, 5.74) is 1.44. The first kappa shape index (κ1) is 22.2. The summed E-state index contributed by atoms with van der Waals surface area (Å²) in [4.78, 5) is 0. The maximum absolute atomic E-state index is 3.57. The van der Waals surface area contributed by atoms with Crippen molar-refractivity contribution in [1.29, 1.82) is 0 Å². The molecule has 0 amide bonds. The van der Waals surface area contributed by atoms with E-state index in [4.69, 9.17) is 0 Å². The fraction of sp³-hybridized carbons (Fsp3) is 0.727. The molecule has 0 N–H and O–H groups in total. The minimum Gasteiger partial charge on any atom is -0.0654 e. The second-order valence-corrected chi connectivity index (χ2v) is 8.96. The van der Waals surface area contributed by atoms with Gasteiger partial charge in [-0.25, -0.2) is 0 Å². The highest BCUT2D eigenvalue weighted by molar-refractivity contribution is 9.11. The first-order chi connectivity index (χ1) is 11.7. The van der Waals surface area contributed by atoms with Crippen LogP contribution >= 0.6 is 31.9 Å². The Morgan fingerprint density at radius 3 is 1.33 bits per heavy atom. The quantitative estimate of drug-likeness (QED) is 0.229. The van der Waals surface area contributed by atoms with Crippen LogP contribution in [-0.2, 0) is 6.42 Å². The summed E-state index contributed by atoms with van der Waals surface area (Å²) in [6.07, 6.45) is 21.2. The Kier molecular flexibility index (Phi) is 14.3. The summed E-state index contributed by atoms with van der Waals surface area (Å²) in [6, 6.07) is 6.59. The van der Waals surface area contributed by atoms with E-state index in [0.29, 0.717) is 0 Å². The van der Waals surface area contributed by atoms with Crippen molar-refractivity contribution in [2.75, 3.05) is 0 Å². The van der Waals surface area contributed by atoms with Crippen LogP contribution in [0.2, 0.25) is 0 Å². The first-order valence-corrected chi connectivity index (χ1v) is 11.8. The number of hydrogen-bond donors (Lipinski definition) is 0. The van der Waals surface area contributed by atoms with Crippen LogP contribution in [0.5, 0.6) is 0 Å². The average molecular weight is 460 g/mol. The first-order valence-electron chi connectivity index (χ1n) is 10.2. The Hall–Kier alpha value is 0.180. The lowest BCUT2D eigenvalue weighted by Gasteiger charge is -2.05. The van der Waals surface area contributed by atoms with Crippen molar-refractivity contribution in [1.82, 2.24) is 0 Å². The average Bonchev–Trinajstić information content (AvgIpc) is 2.54. The second-order valence-electron chi connectivity index (χ2n) is 7.12. The number of rotatable bonds is 15. The largest absolute Gasteiger partial charge is 0.0654 e. The molecule has 0 nitrogen and oxygen atoms in total. The second kappa shape index (κ2) is 15.4. The van der Waals surface area contributed by atoms with Gasteiger partial charge >= 0.3 is 0 Å². The third kappa shape index (κ3) is 12.5. The predicted molar refractivity (Wildman–Crippen MR) is 116 cm³/mol. The standard InChI is InChI=1S/C22H36Br2/c1-2-3-4-5-6-7-8-9-10-11-12-13-14-15-16-20-17-21(23)19-22(24)18-20/h17-19H,2-16H2,1H3. The van der Waals surface area contributed by atoms with E-state index < -0.39 is 0 Å². The molecule has 0 heterocycles. The van der Waals surface area contributed by atoms with Gasteiger partial charge in [-0.1, -0.05) is 122 Å². The molecule has 1 aromatic carbocycles. The fourth-order valence-electron chi connectivity index (χ4n) is 3.28. The van der Waals surface area contributed by atoms with Crippen LogP contribution in [0, 0.1) is 0 Å². The molecule has 138 valence electrons. The van der Waals surface area contributed by atoms with E-state index in [0.717, 1.165) is 0 Å². The molecule has 0 unspecified atom stereocenters. The van der Waals surface area contributed by atoms with E-state index in [1.807, 2.05) is 0 Å². The van der Waals surface area contributed by atoms with Gasteiger partial charge in [0, 0.05) is 8.95 Å². The van der Waals surface area contributed by atoms with Crippen molar-refractivity contribution in [2.45, 2.75) is 103 Å². The highest BCUT2D eigenvalue weighted by Crippen LogP contribution is 2.21. The number of unbranched alkanes of at least 4 members (excludes halogenated alkanes) is 13. The smallest absolute Gasteiger partial charge is 0.0189 e. The molecule has 1 aromatic rings. The van der Waals surface area contributed by atoms with E-state index >= 15 is 0 Å². The molecular formula is C22H36Br2. The van der Waals surface area contributed by atoms with Gasteiger partial charge in [0.1, 0.15) is 0 Å². The molecule has 0 fully saturated rings. The van der Waals surface area contributed by atoms with Crippen molar-refractivity contribution < 1.29 is 0 Å². The zero-order chi connectivity index (χ0) is 17.5. The van der Waals surface area contributed by atoms with E-state index in [2.05, 4.69) is 57.0 Å². The van der Waals surface area contributed by atoms with Gasteiger partial charge in [-0.05, 0) is 36.6 Å². The zero-order valence-electron chi connectivity index (χ0n) is 15.6. The third-order valence-electron chi connectivity index (χ3n) is 4.74. The van der Waals surface area contributed by atoms with Crippen molar-refractivity contribution in [3.05, 3.63) is 32.7 Å². The van der Waals surface area contributed by atoms with E-state index in [9.17, 15) is 0 Å². The normalized spacial score (nSPS) is 11.1. The molecule has 0 spiro atoms. The van der Waals surface area contributed by atoms with Crippen LogP contribution in [0.15, 0.2) is 27.1 Å². The molecule has 1 rings (SSSR count). The van der Waals surface area contributed by atoms with Gasteiger partial charge in [0.15, 0.2) is 0 Å². The molecule has 0 atom stereocenters. The molecule has 0 aliphatic rings. The molecule has 0 radical (unpaired) electrons. The minimum atomic E-state index is 1.18. The highest BCUT2D eigenvalue weighted by atomic mass is 79.9. The van der Waals surface area contributed by atoms with E-state index in [1.54, 1.807) is 0 Å². The lowest BCUT2D eigenvalue weighted by atomic mass is 10.0. The van der Waals surface area contributed by atoms with E-state index in [-0.39, 0.29) is 0 Å². The molecule has 0 saturated carbocycles. The summed E-state index contributed by atoms with van der Waals surface area (Å²) >= 11 is 7.13. The number of halogens is 2. The summed E-state index contributed by atoms with van der Waals surface area (Å²) < 4.78 is 2.36. The summed E-state index contributed by atoms with van der Waals surface area (Å²) in [6.45, 7) is 2.29. The highest BCUT2D eigenvalue weighted by Gasteiger charge is 1.98. The Labute approximate surface area is 167 Å². The summed E-state index contributed by atoms with van der Waals surface area (Å²) in [5.74, 6) is 0. The van der Waals surface area contributed by atoms with Crippen LogP contribution in [0.25, 0.3) is 0 Å². The van der Waals surface area contributed by atoms with Crippen molar-refractivity contribution in [3.63, 3.8) is 0 Å². The molecule has 0 aromatic heterocycles. The molecule has 0 saturated heterocycles. The molecule has 0 aliphatic heterocycles. The van der Waals surface area contributed by atoms with E-state index in [1.165, 1.54) is 111 Å². The number of hydrogen-bond acceptors (Lipinski definition) is 0. The molecule has 0 bridgehead atoms. The predicted octanol–water partition coefficient (Wildman–Crippen LogP) is 9.24. The lowest BCUT2D eigenvalue weighted by Crippen LogP contribution is -1.87. The number of aryl methyl sites for hydroxylation is 1. The monoisotopic (exact) mass is 458 g/mol. The zero-order valence-corrected chi connectivity index (χ0v) is 18.8.